The smallest absolute Gasteiger partial charge is 0.119 e. The van der Waals surface area contributed by atoms with Gasteiger partial charge in [0.2, 0.25) is 0 Å². The van der Waals surface area contributed by atoms with Crippen molar-refractivity contribution < 1.29 is 4.74 Å². The molecule has 70 valence electrons. The lowest BCUT2D eigenvalue weighted by molar-refractivity contribution is 0.414. The van der Waals surface area contributed by atoms with Gasteiger partial charge in [0.15, 0.2) is 0 Å². The van der Waals surface area contributed by atoms with E-state index in [1.807, 2.05) is 6.07 Å². The lowest BCUT2D eigenvalue weighted by atomic mass is 10.1. The maximum atomic E-state index is 5.20. The van der Waals surface area contributed by atoms with E-state index in [9.17, 15) is 0 Å². The summed E-state index contributed by atoms with van der Waals surface area (Å²) in [6.07, 6.45) is 1.18. The van der Waals surface area contributed by atoms with Crippen LogP contribution < -0.4 is 4.74 Å². The summed E-state index contributed by atoms with van der Waals surface area (Å²) >= 11 is 3.71. The van der Waals surface area contributed by atoms with Gasteiger partial charge in [-0.3, -0.25) is 0 Å². The Morgan fingerprint density at radius 2 is 2.23 bits per heavy atom. The van der Waals surface area contributed by atoms with Gasteiger partial charge in [0.25, 0.3) is 0 Å². The van der Waals surface area contributed by atoms with Crippen LogP contribution in [0.2, 0.25) is 0 Å². The Morgan fingerprint density at radius 3 is 2.92 bits per heavy atom. The monoisotopic (exact) mass is 240 g/mol. The van der Waals surface area contributed by atoms with E-state index in [-0.39, 0.29) is 0 Å². The summed E-state index contributed by atoms with van der Waals surface area (Å²) in [5.74, 6) is 1.65. The van der Waals surface area contributed by atoms with Crippen LogP contribution in [0.1, 0.15) is 22.9 Å². The van der Waals surface area contributed by atoms with Crippen molar-refractivity contribution >= 4 is 15.9 Å². The Morgan fingerprint density at radius 1 is 1.46 bits per heavy atom. The molecule has 0 aliphatic heterocycles. The Kier molecular flexibility index (Phi) is 2.33. The van der Waals surface area contributed by atoms with E-state index >= 15 is 0 Å². The number of alkyl halides is 1. The molecule has 1 aliphatic carbocycles. The van der Waals surface area contributed by atoms with Gasteiger partial charge in [-0.2, -0.15) is 0 Å². The summed E-state index contributed by atoms with van der Waals surface area (Å²) in [5.41, 5.74) is 2.85. The molecule has 0 saturated carbocycles. The fourth-order valence-electron chi connectivity index (χ4n) is 1.90. The molecule has 0 fully saturated rings. The molecule has 0 spiro atoms. The van der Waals surface area contributed by atoms with Crippen LogP contribution in [0.3, 0.4) is 0 Å². The lowest BCUT2D eigenvalue weighted by Gasteiger charge is -2.08. The molecule has 1 aromatic rings. The second-order valence-corrected chi connectivity index (χ2v) is 4.63. The highest BCUT2D eigenvalue weighted by molar-refractivity contribution is 9.09. The summed E-state index contributed by atoms with van der Waals surface area (Å²) in [4.78, 5) is 0.498. The van der Waals surface area contributed by atoms with Crippen molar-refractivity contribution in [1.29, 1.82) is 0 Å². The maximum Gasteiger partial charge on any atom is 0.119 e. The molecule has 0 N–H and O–H groups in total. The van der Waals surface area contributed by atoms with E-state index in [0.717, 1.165) is 5.75 Å². The highest BCUT2D eigenvalue weighted by Crippen LogP contribution is 2.43. The van der Waals surface area contributed by atoms with E-state index in [2.05, 4.69) is 35.0 Å². The first-order valence-corrected chi connectivity index (χ1v) is 5.45. The topological polar surface area (TPSA) is 9.23 Å². The Labute approximate surface area is 87.2 Å². The second kappa shape index (κ2) is 3.33. The molecule has 0 aromatic heterocycles. The summed E-state index contributed by atoms with van der Waals surface area (Å²) < 4.78 is 5.20. The van der Waals surface area contributed by atoms with Crippen LogP contribution in [0.5, 0.6) is 5.75 Å². The van der Waals surface area contributed by atoms with Gasteiger partial charge in [-0.05, 0) is 35.6 Å². The third-order valence-corrected chi connectivity index (χ3v) is 4.09. The highest BCUT2D eigenvalue weighted by atomic mass is 79.9. The molecule has 1 nitrogen and oxygen atoms in total. The quantitative estimate of drug-likeness (QED) is 0.685. The zero-order valence-corrected chi connectivity index (χ0v) is 9.47. The summed E-state index contributed by atoms with van der Waals surface area (Å²) in [7, 11) is 1.71. The average Bonchev–Trinajstić information content (AvgIpc) is 2.43. The zero-order chi connectivity index (χ0) is 9.42. The molecule has 0 saturated heterocycles. The molecule has 1 aromatic carbocycles. The van der Waals surface area contributed by atoms with E-state index < -0.39 is 0 Å². The molecule has 2 atom stereocenters. The molecule has 13 heavy (non-hydrogen) atoms. The molecule has 0 amide bonds. The van der Waals surface area contributed by atoms with Gasteiger partial charge in [0, 0.05) is 4.83 Å². The predicted molar refractivity (Wildman–Crippen MR) is 57.5 cm³/mol. The van der Waals surface area contributed by atoms with Crippen molar-refractivity contribution in [3.8, 4) is 5.75 Å². The number of benzene rings is 1. The Balaban J connectivity index is 2.42. The normalized spacial score (nSPS) is 25.8. The minimum Gasteiger partial charge on any atom is -0.497 e. The van der Waals surface area contributed by atoms with Gasteiger partial charge in [-0.25, -0.2) is 0 Å². The molecule has 0 radical (unpaired) electrons. The van der Waals surface area contributed by atoms with Crippen LogP contribution >= 0.6 is 15.9 Å². The van der Waals surface area contributed by atoms with Crippen LogP contribution in [-0.4, -0.2) is 7.11 Å². The van der Waals surface area contributed by atoms with Crippen molar-refractivity contribution in [1.82, 2.24) is 0 Å². The molecule has 1 aliphatic rings. The van der Waals surface area contributed by atoms with Crippen molar-refractivity contribution in [3.05, 3.63) is 29.3 Å². The maximum absolute atomic E-state index is 5.20. The fraction of sp³-hybridized carbons (Fsp3) is 0.455. The first kappa shape index (κ1) is 9.07. The van der Waals surface area contributed by atoms with Crippen molar-refractivity contribution in [3.63, 3.8) is 0 Å². The van der Waals surface area contributed by atoms with Gasteiger partial charge in [-0.15, -0.1) is 0 Å². The summed E-state index contributed by atoms with van der Waals surface area (Å²) in [6, 6.07) is 6.35. The van der Waals surface area contributed by atoms with Crippen molar-refractivity contribution in [2.75, 3.05) is 7.11 Å². The number of hydrogen-bond acceptors (Lipinski definition) is 1. The minimum atomic E-state index is 0.498. The van der Waals surface area contributed by atoms with Crippen LogP contribution in [0.25, 0.3) is 0 Å². The first-order chi connectivity index (χ1) is 6.22. The SMILES string of the molecule is COc1ccc2c(c1)C(Br)C(C)C2. The largest absolute Gasteiger partial charge is 0.497 e. The number of rotatable bonds is 1. The number of hydrogen-bond donors (Lipinski definition) is 0. The van der Waals surface area contributed by atoms with E-state index in [1.54, 1.807) is 7.11 Å². The van der Waals surface area contributed by atoms with Gasteiger partial charge in [0.1, 0.15) is 5.75 Å². The number of ether oxygens (including phenoxy) is 1. The number of methoxy groups -OCH3 is 1. The van der Waals surface area contributed by atoms with Crippen LogP contribution in [0.4, 0.5) is 0 Å². The lowest BCUT2D eigenvalue weighted by Crippen LogP contribution is -1.94. The molecular weight excluding hydrogens is 228 g/mol. The van der Waals surface area contributed by atoms with Crippen molar-refractivity contribution in [2.45, 2.75) is 18.2 Å². The number of halogens is 1. The highest BCUT2D eigenvalue weighted by Gasteiger charge is 2.27. The van der Waals surface area contributed by atoms with Crippen molar-refractivity contribution in [2.24, 2.45) is 5.92 Å². The zero-order valence-electron chi connectivity index (χ0n) is 7.88. The Hall–Kier alpha value is -0.500. The van der Waals surface area contributed by atoms with Gasteiger partial charge in [0.05, 0.1) is 7.11 Å². The van der Waals surface area contributed by atoms with Crippen LogP contribution in [0, 0.1) is 5.92 Å². The van der Waals surface area contributed by atoms with E-state index in [4.69, 9.17) is 4.74 Å². The fourth-order valence-corrected chi connectivity index (χ4v) is 2.51. The van der Waals surface area contributed by atoms with Crippen LogP contribution in [0.15, 0.2) is 18.2 Å². The third kappa shape index (κ3) is 1.48. The second-order valence-electron chi connectivity index (χ2n) is 3.65. The summed E-state index contributed by atoms with van der Waals surface area (Å²) in [6.45, 7) is 2.27. The van der Waals surface area contributed by atoms with E-state index in [1.165, 1.54) is 17.5 Å². The molecule has 0 bridgehead atoms. The Bertz CT molecular complexity index is 322. The molecular formula is C11H13BrO. The predicted octanol–water partition coefficient (Wildman–Crippen LogP) is 3.32. The van der Waals surface area contributed by atoms with E-state index in [0.29, 0.717) is 10.7 Å². The first-order valence-electron chi connectivity index (χ1n) is 4.53. The molecule has 2 rings (SSSR count). The third-order valence-electron chi connectivity index (χ3n) is 2.69. The van der Waals surface area contributed by atoms with Gasteiger partial charge in [-0.1, -0.05) is 28.9 Å². The summed E-state index contributed by atoms with van der Waals surface area (Å²) in [5, 5.41) is 0. The number of fused-ring (bicyclic) bond motifs is 1. The minimum absolute atomic E-state index is 0.498. The molecule has 2 unspecified atom stereocenters. The molecule has 0 heterocycles. The average molecular weight is 241 g/mol. The van der Waals surface area contributed by atoms with Gasteiger partial charge < -0.3 is 4.74 Å². The molecule has 2 heteroatoms. The van der Waals surface area contributed by atoms with Gasteiger partial charge >= 0.3 is 0 Å². The standard InChI is InChI=1S/C11H13BrO/c1-7-5-8-3-4-9(13-2)6-10(8)11(7)12/h3-4,6-7,11H,5H2,1-2H3. The van der Waals surface area contributed by atoms with Crippen LogP contribution in [-0.2, 0) is 6.42 Å².